The van der Waals surface area contributed by atoms with E-state index in [1.807, 2.05) is 0 Å². The molecule has 0 fully saturated rings. The summed E-state index contributed by atoms with van der Waals surface area (Å²) in [7, 11) is 0. The molecule has 0 saturated heterocycles. The smallest absolute Gasteiger partial charge is 0.408 e. The highest BCUT2D eigenvalue weighted by molar-refractivity contribution is 5.85. The molecular weight excluding hydrogens is 234 g/mol. The molecule has 5 nitrogen and oxygen atoms in total. The highest BCUT2D eigenvalue weighted by atomic mass is 16.6. The first-order valence-electron chi connectivity index (χ1n) is 6.18. The van der Waals surface area contributed by atoms with E-state index < -0.39 is 23.2 Å². The summed E-state index contributed by atoms with van der Waals surface area (Å²) in [4.78, 5) is 23.3. The lowest BCUT2D eigenvalue weighted by atomic mass is 9.77. The van der Waals surface area contributed by atoms with Crippen LogP contribution >= 0.6 is 0 Å². The van der Waals surface area contributed by atoms with Gasteiger partial charge in [-0.15, -0.1) is 0 Å². The number of amides is 1. The summed E-state index contributed by atoms with van der Waals surface area (Å²) in [6, 6.07) is 0. The number of alkyl carbamates (subject to hydrolysis) is 1. The standard InChI is InChI=1S/C13H25NO4/c1-8(2)13(9(3)4,10(15)16)14-11(17)18-12(5,6)7/h8-9H,1-7H3,(H,14,17)(H,15,16). The first-order valence-corrected chi connectivity index (χ1v) is 6.18. The molecule has 18 heavy (non-hydrogen) atoms. The zero-order valence-electron chi connectivity index (χ0n) is 12.3. The summed E-state index contributed by atoms with van der Waals surface area (Å²) in [6.07, 6.45) is -0.702. The van der Waals surface area contributed by atoms with E-state index in [0.717, 1.165) is 0 Å². The summed E-state index contributed by atoms with van der Waals surface area (Å²) >= 11 is 0. The molecule has 0 aromatic heterocycles. The van der Waals surface area contributed by atoms with E-state index in [4.69, 9.17) is 4.74 Å². The van der Waals surface area contributed by atoms with Gasteiger partial charge in [-0.2, -0.15) is 0 Å². The lowest BCUT2D eigenvalue weighted by molar-refractivity contribution is -0.149. The lowest BCUT2D eigenvalue weighted by Gasteiger charge is -2.38. The largest absolute Gasteiger partial charge is 0.479 e. The Labute approximate surface area is 109 Å². The van der Waals surface area contributed by atoms with Gasteiger partial charge in [0.15, 0.2) is 0 Å². The van der Waals surface area contributed by atoms with Crippen molar-refractivity contribution in [3.63, 3.8) is 0 Å². The molecule has 0 aliphatic heterocycles. The number of aliphatic carboxylic acids is 1. The third-order valence-corrected chi connectivity index (χ3v) is 2.88. The SMILES string of the molecule is CC(C)C(NC(=O)OC(C)(C)C)(C(=O)O)C(C)C. The molecule has 0 unspecified atom stereocenters. The van der Waals surface area contributed by atoms with E-state index >= 15 is 0 Å². The topological polar surface area (TPSA) is 75.6 Å². The van der Waals surface area contributed by atoms with Crippen LogP contribution in [0.2, 0.25) is 0 Å². The van der Waals surface area contributed by atoms with E-state index in [1.54, 1.807) is 48.5 Å². The van der Waals surface area contributed by atoms with E-state index in [2.05, 4.69) is 5.32 Å². The number of carboxylic acids is 1. The minimum atomic E-state index is -1.32. The van der Waals surface area contributed by atoms with Gasteiger partial charge in [-0.05, 0) is 32.6 Å². The highest BCUT2D eigenvalue weighted by Gasteiger charge is 2.46. The molecule has 2 N–H and O–H groups in total. The van der Waals surface area contributed by atoms with Gasteiger partial charge in [0.25, 0.3) is 0 Å². The lowest BCUT2D eigenvalue weighted by Crippen LogP contribution is -2.62. The molecule has 0 saturated carbocycles. The van der Waals surface area contributed by atoms with Crippen LogP contribution in [0, 0.1) is 11.8 Å². The zero-order chi connectivity index (χ0) is 14.7. The van der Waals surface area contributed by atoms with Crippen LogP contribution in [-0.2, 0) is 9.53 Å². The number of carbonyl (C=O) groups excluding carboxylic acids is 1. The maximum atomic E-state index is 11.8. The van der Waals surface area contributed by atoms with Crippen molar-refractivity contribution in [3.8, 4) is 0 Å². The fourth-order valence-electron chi connectivity index (χ4n) is 1.98. The molecule has 0 rings (SSSR count). The van der Waals surface area contributed by atoms with Crippen LogP contribution in [0.3, 0.4) is 0 Å². The molecule has 0 radical (unpaired) electrons. The Balaban J connectivity index is 5.14. The molecule has 5 heteroatoms. The Bertz CT molecular complexity index is 307. The predicted molar refractivity (Wildman–Crippen MR) is 69.4 cm³/mol. The molecule has 106 valence electrons. The van der Waals surface area contributed by atoms with Gasteiger partial charge in [0.1, 0.15) is 11.1 Å². The normalized spacial score (nSPS) is 12.7. The fraction of sp³-hybridized carbons (Fsp3) is 0.846. The number of ether oxygens (including phenoxy) is 1. The van der Waals surface area contributed by atoms with Crippen molar-refractivity contribution >= 4 is 12.1 Å². The molecule has 0 heterocycles. The van der Waals surface area contributed by atoms with Crippen molar-refractivity contribution in [2.24, 2.45) is 11.8 Å². The summed E-state index contributed by atoms with van der Waals surface area (Å²) in [5.74, 6) is -1.54. The number of rotatable bonds is 4. The molecule has 1 amide bonds. The van der Waals surface area contributed by atoms with Crippen molar-refractivity contribution in [2.75, 3.05) is 0 Å². The minimum Gasteiger partial charge on any atom is -0.479 e. The fourth-order valence-corrected chi connectivity index (χ4v) is 1.98. The van der Waals surface area contributed by atoms with Gasteiger partial charge >= 0.3 is 12.1 Å². The van der Waals surface area contributed by atoms with Gasteiger partial charge in [0.05, 0.1) is 0 Å². The average molecular weight is 259 g/mol. The summed E-state index contributed by atoms with van der Waals surface area (Å²) in [5.41, 5.74) is -1.97. The van der Waals surface area contributed by atoms with Crippen molar-refractivity contribution in [3.05, 3.63) is 0 Å². The zero-order valence-corrected chi connectivity index (χ0v) is 12.3. The maximum Gasteiger partial charge on any atom is 0.408 e. The molecule has 0 aliphatic rings. The maximum absolute atomic E-state index is 11.8. The summed E-state index contributed by atoms with van der Waals surface area (Å²) < 4.78 is 5.13. The van der Waals surface area contributed by atoms with Crippen LogP contribution in [0.1, 0.15) is 48.5 Å². The van der Waals surface area contributed by atoms with Crippen molar-refractivity contribution in [1.82, 2.24) is 5.32 Å². The van der Waals surface area contributed by atoms with Gasteiger partial charge in [-0.3, -0.25) is 0 Å². The highest BCUT2D eigenvalue weighted by Crippen LogP contribution is 2.27. The molecule has 0 aromatic carbocycles. The minimum absolute atomic E-state index is 0.248. The molecular formula is C13H25NO4. The van der Waals surface area contributed by atoms with Crippen molar-refractivity contribution in [2.45, 2.75) is 59.6 Å². The number of carboxylic acid groups (broad SMARTS) is 1. The Morgan fingerprint density at radius 3 is 1.67 bits per heavy atom. The van der Waals surface area contributed by atoms with E-state index in [9.17, 15) is 14.7 Å². The Morgan fingerprint density at radius 1 is 1.06 bits per heavy atom. The number of hydrogen-bond acceptors (Lipinski definition) is 3. The molecule has 0 aliphatic carbocycles. The van der Waals surface area contributed by atoms with Crippen LogP contribution in [-0.4, -0.2) is 28.3 Å². The number of carbonyl (C=O) groups is 2. The van der Waals surface area contributed by atoms with Crippen LogP contribution in [0.15, 0.2) is 0 Å². The Morgan fingerprint density at radius 2 is 1.44 bits per heavy atom. The Kier molecular flexibility index (Phi) is 5.20. The second kappa shape index (κ2) is 5.59. The monoisotopic (exact) mass is 259 g/mol. The number of hydrogen-bond donors (Lipinski definition) is 2. The molecule has 0 bridgehead atoms. The second-order valence-electron chi connectivity index (χ2n) is 6.11. The molecule has 0 aromatic rings. The quantitative estimate of drug-likeness (QED) is 0.813. The van der Waals surface area contributed by atoms with Crippen LogP contribution in [0.4, 0.5) is 4.79 Å². The average Bonchev–Trinajstić information content (AvgIpc) is 2.09. The van der Waals surface area contributed by atoms with Gasteiger partial charge in [-0.25, -0.2) is 9.59 Å². The third kappa shape index (κ3) is 3.89. The van der Waals surface area contributed by atoms with Gasteiger partial charge < -0.3 is 15.2 Å². The first kappa shape index (κ1) is 16.7. The van der Waals surface area contributed by atoms with Crippen molar-refractivity contribution in [1.29, 1.82) is 0 Å². The Hall–Kier alpha value is -1.26. The van der Waals surface area contributed by atoms with Gasteiger partial charge in [0.2, 0.25) is 0 Å². The molecule has 0 spiro atoms. The molecule has 0 atom stereocenters. The van der Waals surface area contributed by atoms with Crippen LogP contribution in [0.25, 0.3) is 0 Å². The summed E-state index contributed by atoms with van der Waals surface area (Å²) in [5, 5.41) is 12.0. The van der Waals surface area contributed by atoms with Crippen molar-refractivity contribution < 1.29 is 19.4 Å². The summed E-state index contributed by atoms with van der Waals surface area (Å²) in [6.45, 7) is 12.3. The first-order chi connectivity index (χ1) is 7.93. The van der Waals surface area contributed by atoms with Crippen LogP contribution in [0.5, 0.6) is 0 Å². The van der Waals surface area contributed by atoms with Gasteiger partial charge in [-0.1, -0.05) is 27.7 Å². The third-order valence-electron chi connectivity index (χ3n) is 2.88. The van der Waals surface area contributed by atoms with Crippen LogP contribution < -0.4 is 5.32 Å². The van der Waals surface area contributed by atoms with Gasteiger partial charge in [0, 0.05) is 0 Å². The predicted octanol–water partition coefficient (Wildman–Crippen LogP) is 2.65. The van der Waals surface area contributed by atoms with E-state index in [1.165, 1.54) is 0 Å². The number of nitrogens with one attached hydrogen (secondary N) is 1. The van der Waals surface area contributed by atoms with E-state index in [0.29, 0.717) is 0 Å². The van der Waals surface area contributed by atoms with E-state index in [-0.39, 0.29) is 11.8 Å². The second-order valence-corrected chi connectivity index (χ2v) is 6.11.